The van der Waals surface area contributed by atoms with Crippen LogP contribution < -0.4 is 11.1 Å². The highest BCUT2D eigenvalue weighted by atomic mass is 16.3. The van der Waals surface area contributed by atoms with E-state index in [1.807, 2.05) is 0 Å². The normalized spacial score (nSPS) is 13.7. The third-order valence-corrected chi connectivity index (χ3v) is 1.39. The maximum atomic E-state index is 8.44. The monoisotopic (exact) mass is 132 g/mol. The van der Waals surface area contributed by atoms with Crippen molar-refractivity contribution in [3.05, 3.63) is 0 Å². The van der Waals surface area contributed by atoms with Crippen LogP contribution in [0.15, 0.2) is 0 Å². The summed E-state index contributed by atoms with van der Waals surface area (Å²) < 4.78 is 0. The molecule has 0 aliphatic carbocycles. The van der Waals surface area contributed by atoms with Gasteiger partial charge in [0.05, 0.1) is 6.73 Å². The molecule has 3 heteroatoms. The van der Waals surface area contributed by atoms with Crippen molar-refractivity contribution in [3.63, 3.8) is 0 Å². The average Bonchev–Trinajstić information content (AvgIpc) is 1.88. The van der Waals surface area contributed by atoms with Crippen molar-refractivity contribution in [2.45, 2.75) is 25.8 Å². The molecular formula is C6H16N2O. The Hall–Kier alpha value is -0.120. The van der Waals surface area contributed by atoms with Gasteiger partial charge in [-0.2, -0.15) is 0 Å². The highest BCUT2D eigenvalue weighted by molar-refractivity contribution is 4.61. The van der Waals surface area contributed by atoms with Gasteiger partial charge in [0.1, 0.15) is 0 Å². The number of nitrogens with one attached hydrogen (secondary N) is 1. The third kappa shape index (κ3) is 4.39. The van der Waals surface area contributed by atoms with Gasteiger partial charge in [-0.1, -0.05) is 6.92 Å². The summed E-state index contributed by atoms with van der Waals surface area (Å²) in [6.07, 6.45) is 1.97. The summed E-state index contributed by atoms with van der Waals surface area (Å²) in [4.78, 5) is 0. The molecule has 0 aromatic heterocycles. The lowest BCUT2D eigenvalue weighted by molar-refractivity contribution is 0.235. The molecule has 0 saturated carbocycles. The van der Waals surface area contributed by atoms with Crippen molar-refractivity contribution >= 4 is 0 Å². The minimum atomic E-state index is 0.0541. The highest BCUT2D eigenvalue weighted by Crippen LogP contribution is 1.93. The second-order valence-electron chi connectivity index (χ2n) is 2.04. The Morgan fingerprint density at radius 1 is 1.67 bits per heavy atom. The molecule has 0 amide bonds. The largest absolute Gasteiger partial charge is 0.381 e. The van der Waals surface area contributed by atoms with Crippen LogP contribution in [0.4, 0.5) is 0 Å². The first-order valence-corrected chi connectivity index (χ1v) is 3.39. The topological polar surface area (TPSA) is 58.3 Å². The van der Waals surface area contributed by atoms with Gasteiger partial charge in [0.15, 0.2) is 0 Å². The SMILES string of the molecule is CCC(CCN)NCO. The van der Waals surface area contributed by atoms with Crippen molar-refractivity contribution in [1.29, 1.82) is 0 Å². The first-order valence-electron chi connectivity index (χ1n) is 3.39. The van der Waals surface area contributed by atoms with Gasteiger partial charge < -0.3 is 10.8 Å². The van der Waals surface area contributed by atoms with Gasteiger partial charge in [0, 0.05) is 6.04 Å². The lowest BCUT2D eigenvalue weighted by Gasteiger charge is -2.12. The minimum absolute atomic E-state index is 0.0541. The molecule has 0 aliphatic heterocycles. The zero-order valence-electron chi connectivity index (χ0n) is 5.93. The van der Waals surface area contributed by atoms with Gasteiger partial charge >= 0.3 is 0 Å². The van der Waals surface area contributed by atoms with Gasteiger partial charge in [-0.25, -0.2) is 0 Å². The average molecular weight is 132 g/mol. The summed E-state index contributed by atoms with van der Waals surface area (Å²) >= 11 is 0. The minimum Gasteiger partial charge on any atom is -0.381 e. The Morgan fingerprint density at radius 3 is 2.67 bits per heavy atom. The Balaban J connectivity index is 3.18. The van der Waals surface area contributed by atoms with Crippen LogP contribution >= 0.6 is 0 Å². The van der Waals surface area contributed by atoms with E-state index in [9.17, 15) is 0 Å². The number of hydrogen-bond donors (Lipinski definition) is 3. The maximum Gasteiger partial charge on any atom is 0.0933 e. The van der Waals surface area contributed by atoms with Crippen molar-refractivity contribution in [2.75, 3.05) is 13.3 Å². The van der Waals surface area contributed by atoms with E-state index < -0.39 is 0 Å². The fraction of sp³-hybridized carbons (Fsp3) is 1.00. The first kappa shape index (κ1) is 8.88. The number of nitrogens with two attached hydrogens (primary N) is 1. The zero-order chi connectivity index (χ0) is 7.11. The molecular weight excluding hydrogens is 116 g/mol. The van der Waals surface area contributed by atoms with Crippen LogP contribution in [0.25, 0.3) is 0 Å². The Kier molecular flexibility index (Phi) is 5.93. The molecule has 0 heterocycles. The molecule has 56 valence electrons. The summed E-state index contributed by atoms with van der Waals surface area (Å²) in [5, 5.41) is 11.4. The predicted octanol–water partition coefficient (Wildman–Crippen LogP) is -0.347. The molecule has 4 N–H and O–H groups in total. The molecule has 0 aliphatic rings. The number of hydrogen-bond acceptors (Lipinski definition) is 3. The van der Waals surface area contributed by atoms with E-state index in [0.717, 1.165) is 12.8 Å². The quantitative estimate of drug-likeness (QED) is 0.448. The summed E-state index contributed by atoms with van der Waals surface area (Å²) in [5.41, 5.74) is 5.31. The molecule has 1 atom stereocenters. The molecule has 1 unspecified atom stereocenters. The number of aliphatic hydroxyl groups excluding tert-OH is 1. The van der Waals surface area contributed by atoms with Crippen LogP contribution in [-0.4, -0.2) is 24.4 Å². The Labute approximate surface area is 56.2 Å². The van der Waals surface area contributed by atoms with Crippen LogP contribution in [0.2, 0.25) is 0 Å². The molecule has 0 aromatic carbocycles. The van der Waals surface area contributed by atoms with Crippen LogP contribution in [0.3, 0.4) is 0 Å². The summed E-state index contributed by atoms with van der Waals surface area (Å²) in [7, 11) is 0. The van der Waals surface area contributed by atoms with E-state index in [4.69, 9.17) is 10.8 Å². The standard InChI is InChI=1S/C6H16N2O/c1-2-6(3-4-7)8-5-9/h6,8-9H,2-5,7H2,1H3. The fourth-order valence-corrected chi connectivity index (χ4v) is 0.781. The Bertz CT molecular complexity index is 53.0. The van der Waals surface area contributed by atoms with Gasteiger partial charge in [-0.3, -0.25) is 5.32 Å². The van der Waals surface area contributed by atoms with Gasteiger partial charge in [0.25, 0.3) is 0 Å². The van der Waals surface area contributed by atoms with Crippen LogP contribution in [0, 0.1) is 0 Å². The molecule has 0 aromatic rings. The maximum absolute atomic E-state index is 8.44. The molecule has 3 nitrogen and oxygen atoms in total. The smallest absolute Gasteiger partial charge is 0.0933 e. The molecule has 0 radical (unpaired) electrons. The van der Waals surface area contributed by atoms with Crippen molar-refractivity contribution in [1.82, 2.24) is 5.32 Å². The van der Waals surface area contributed by atoms with Gasteiger partial charge in [-0.15, -0.1) is 0 Å². The predicted molar refractivity (Wildman–Crippen MR) is 38.0 cm³/mol. The van der Waals surface area contributed by atoms with E-state index in [1.165, 1.54) is 0 Å². The molecule has 9 heavy (non-hydrogen) atoms. The van der Waals surface area contributed by atoms with Crippen LogP contribution in [0.5, 0.6) is 0 Å². The molecule has 0 saturated heterocycles. The summed E-state index contributed by atoms with van der Waals surface area (Å²) in [6, 6.07) is 0.389. The lowest BCUT2D eigenvalue weighted by Crippen LogP contribution is -2.31. The van der Waals surface area contributed by atoms with E-state index in [2.05, 4.69) is 12.2 Å². The zero-order valence-corrected chi connectivity index (χ0v) is 5.93. The molecule has 0 rings (SSSR count). The van der Waals surface area contributed by atoms with Crippen LogP contribution in [-0.2, 0) is 0 Å². The van der Waals surface area contributed by atoms with Gasteiger partial charge in [-0.05, 0) is 19.4 Å². The molecule has 0 fully saturated rings. The van der Waals surface area contributed by atoms with Crippen molar-refractivity contribution in [2.24, 2.45) is 5.73 Å². The first-order chi connectivity index (χ1) is 4.35. The fourth-order valence-electron chi connectivity index (χ4n) is 0.781. The second kappa shape index (κ2) is 6.01. The lowest BCUT2D eigenvalue weighted by atomic mass is 10.1. The van der Waals surface area contributed by atoms with Crippen molar-refractivity contribution < 1.29 is 5.11 Å². The molecule has 0 bridgehead atoms. The van der Waals surface area contributed by atoms with E-state index in [-0.39, 0.29) is 6.73 Å². The summed E-state index contributed by atoms with van der Waals surface area (Å²) in [5.74, 6) is 0. The third-order valence-electron chi connectivity index (χ3n) is 1.39. The summed E-state index contributed by atoms with van der Waals surface area (Å²) in [6.45, 7) is 2.81. The van der Waals surface area contributed by atoms with Gasteiger partial charge in [0.2, 0.25) is 0 Å². The second-order valence-corrected chi connectivity index (χ2v) is 2.04. The van der Waals surface area contributed by atoms with E-state index in [1.54, 1.807) is 0 Å². The highest BCUT2D eigenvalue weighted by Gasteiger charge is 2.00. The number of aliphatic hydroxyl groups is 1. The number of rotatable bonds is 5. The van der Waals surface area contributed by atoms with E-state index >= 15 is 0 Å². The molecule has 0 spiro atoms. The van der Waals surface area contributed by atoms with Crippen molar-refractivity contribution in [3.8, 4) is 0 Å². The Morgan fingerprint density at radius 2 is 2.33 bits per heavy atom. The van der Waals surface area contributed by atoms with E-state index in [0.29, 0.717) is 12.6 Å². The van der Waals surface area contributed by atoms with Crippen LogP contribution in [0.1, 0.15) is 19.8 Å².